The third-order valence-corrected chi connectivity index (χ3v) is 6.20. The van der Waals surface area contributed by atoms with E-state index >= 15 is 0 Å². The van der Waals surface area contributed by atoms with Gasteiger partial charge >= 0.3 is 0 Å². The summed E-state index contributed by atoms with van der Waals surface area (Å²) in [5.41, 5.74) is 0.654. The lowest BCUT2D eigenvalue weighted by Gasteiger charge is -2.33. The van der Waals surface area contributed by atoms with Crippen LogP contribution >= 0.6 is 0 Å². The molecule has 0 amide bonds. The molecule has 0 aromatic heterocycles. The number of rotatable bonds is 6. The summed E-state index contributed by atoms with van der Waals surface area (Å²) >= 11 is 0. The van der Waals surface area contributed by atoms with Crippen LogP contribution in [0.15, 0.2) is 24.3 Å². The molecular formula is C16H21FN2O3S. The average Bonchev–Trinajstić information content (AvgIpc) is 2.55. The lowest BCUT2D eigenvalue weighted by Crippen LogP contribution is -2.40. The van der Waals surface area contributed by atoms with Gasteiger partial charge in [0.1, 0.15) is 5.82 Å². The molecule has 1 aromatic carbocycles. The summed E-state index contributed by atoms with van der Waals surface area (Å²) in [6.45, 7) is 0.746. The van der Waals surface area contributed by atoms with E-state index in [0.29, 0.717) is 37.9 Å². The van der Waals surface area contributed by atoms with Gasteiger partial charge in [0.05, 0.1) is 17.9 Å². The maximum atomic E-state index is 12.9. The molecule has 126 valence electrons. The molecule has 1 aliphatic rings. The summed E-state index contributed by atoms with van der Waals surface area (Å²) in [6, 6.07) is 7.69. The van der Waals surface area contributed by atoms with Gasteiger partial charge in [-0.2, -0.15) is 5.26 Å². The molecule has 1 N–H and O–H groups in total. The van der Waals surface area contributed by atoms with Gasteiger partial charge < -0.3 is 5.11 Å². The van der Waals surface area contributed by atoms with E-state index in [1.807, 2.05) is 6.07 Å². The molecular weight excluding hydrogens is 319 g/mol. The Bertz CT molecular complexity index is 647. The van der Waals surface area contributed by atoms with Crippen LogP contribution in [0.1, 0.15) is 37.4 Å². The van der Waals surface area contributed by atoms with Crippen LogP contribution in [0.3, 0.4) is 0 Å². The van der Waals surface area contributed by atoms with Gasteiger partial charge in [-0.05, 0) is 42.9 Å². The Morgan fingerprint density at radius 1 is 1.30 bits per heavy atom. The van der Waals surface area contributed by atoms with E-state index < -0.39 is 16.1 Å². The molecule has 1 aliphatic heterocycles. The van der Waals surface area contributed by atoms with Gasteiger partial charge in [0.25, 0.3) is 0 Å². The Kier molecular flexibility index (Phi) is 6.10. The minimum atomic E-state index is -3.32. The number of nitrogens with zero attached hydrogens (tertiary/aromatic N) is 2. The highest BCUT2D eigenvalue weighted by Crippen LogP contribution is 2.31. The van der Waals surface area contributed by atoms with Gasteiger partial charge in [0, 0.05) is 19.5 Å². The Morgan fingerprint density at radius 2 is 1.91 bits per heavy atom. The lowest BCUT2D eigenvalue weighted by molar-refractivity contribution is 0.0760. The summed E-state index contributed by atoms with van der Waals surface area (Å²) in [7, 11) is -3.32. The van der Waals surface area contributed by atoms with Crippen LogP contribution < -0.4 is 0 Å². The molecule has 1 saturated heterocycles. The van der Waals surface area contributed by atoms with Gasteiger partial charge in [-0.3, -0.25) is 0 Å². The van der Waals surface area contributed by atoms with Crippen LogP contribution in [0.25, 0.3) is 0 Å². The van der Waals surface area contributed by atoms with Crippen molar-refractivity contribution >= 4 is 10.0 Å². The van der Waals surface area contributed by atoms with Crippen molar-refractivity contribution in [3.05, 3.63) is 35.6 Å². The van der Waals surface area contributed by atoms with Crippen molar-refractivity contribution in [3.8, 4) is 6.07 Å². The third kappa shape index (κ3) is 4.74. The van der Waals surface area contributed by atoms with Gasteiger partial charge in [-0.15, -0.1) is 0 Å². The zero-order valence-corrected chi connectivity index (χ0v) is 13.7. The van der Waals surface area contributed by atoms with Crippen molar-refractivity contribution in [3.63, 3.8) is 0 Å². The Morgan fingerprint density at radius 3 is 2.48 bits per heavy atom. The minimum Gasteiger partial charge on any atom is -0.388 e. The molecule has 0 bridgehead atoms. The van der Waals surface area contributed by atoms with Crippen molar-refractivity contribution in [2.45, 2.75) is 31.8 Å². The number of unbranched alkanes of at least 4 members (excludes halogenated alkanes) is 1. The SMILES string of the molecule is N#CCCCS(=O)(=O)N1CCC(C(O)c2ccc(F)cc2)CC1. The first-order valence-electron chi connectivity index (χ1n) is 7.72. The number of hydrogen-bond donors (Lipinski definition) is 1. The summed E-state index contributed by atoms with van der Waals surface area (Å²) in [6.07, 6.45) is 1.00. The fourth-order valence-corrected chi connectivity index (χ4v) is 4.40. The van der Waals surface area contributed by atoms with Crippen LogP contribution in [-0.4, -0.2) is 36.7 Å². The fourth-order valence-electron chi connectivity index (χ4n) is 2.86. The summed E-state index contributed by atoms with van der Waals surface area (Å²) in [4.78, 5) is 0. The molecule has 1 heterocycles. The number of aliphatic hydroxyl groups excluding tert-OH is 1. The highest BCUT2D eigenvalue weighted by molar-refractivity contribution is 7.89. The molecule has 5 nitrogen and oxygen atoms in total. The van der Waals surface area contributed by atoms with E-state index in [9.17, 15) is 17.9 Å². The van der Waals surface area contributed by atoms with Crippen LogP contribution in [0.5, 0.6) is 0 Å². The monoisotopic (exact) mass is 340 g/mol. The van der Waals surface area contributed by atoms with Crippen molar-refractivity contribution < 1.29 is 17.9 Å². The Labute approximate surface area is 136 Å². The number of halogens is 1. The lowest BCUT2D eigenvalue weighted by atomic mass is 9.88. The van der Waals surface area contributed by atoms with Gasteiger partial charge in [-0.1, -0.05) is 12.1 Å². The molecule has 0 radical (unpaired) electrons. The normalized spacial score (nSPS) is 18.5. The number of benzene rings is 1. The van der Waals surface area contributed by atoms with E-state index in [1.165, 1.54) is 16.4 Å². The van der Waals surface area contributed by atoms with Crippen LogP contribution in [0.4, 0.5) is 4.39 Å². The number of hydrogen-bond acceptors (Lipinski definition) is 4. The van der Waals surface area contributed by atoms with Gasteiger partial charge in [-0.25, -0.2) is 17.1 Å². The van der Waals surface area contributed by atoms with E-state index in [1.54, 1.807) is 12.1 Å². The first-order valence-corrected chi connectivity index (χ1v) is 9.33. The van der Waals surface area contributed by atoms with Gasteiger partial charge in [0.15, 0.2) is 0 Å². The molecule has 0 aliphatic carbocycles. The first kappa shape index (κ1) is 17.9. The molecule has 1 atom stereocenters. The molecule has 23 heavy (non-hydrogen) atoms. The topological polar surface area (TPSA) is 81.4 Å². The maximum Gasteiger partial charge on any atom is 0.214 e. The average molecular weight is 340 g/mol. The first-order chi connectivity index (χ1) is 10.9. The predicted molar refractivity (Wildman–Crippen MR) is 84.3 cm³/mol. The molecule has 7 heteroatoms. The smallest absolute Gasteiger partial charge is 0.214 e. The predicted octanol–water partition coefficient (Wildman–Crippen LogP) is 2.20. The molecule has 1 aromatic rings. The number of nitriles is 1. The van der Waals surface area contributed by atoms with Gasteiger partial charge in [0.2, 0.25) is 10.0 Å². The van der Waals surface area contributed by atoms with Crippen molar-refractivity contribution in [2.75, 3.05) is 18.8 Å². The molecule has 2 rings (SSSR count). The van der Waals surface area contributed by atoms with E-state index in [4.69, 9.17) is 5.26 Å². The number of sulfonamides is 1. The molecule has 0 saturated carbocycles. The number of piperidine rings is 1. The van der Waals surface area contributed by atoms with Crippen LogP contribution in [0, 0.1) is 23.1 Å². The van der Waals surface area contributed by atoms with Crippen LogP contribution in [0.2, 0.25) is 0 Å². The Hall–Kier alpha value is -1.49. The quantitative estimate of drug-likeness (QED) is 0.805. The third-order valence-electron chi connectivity index (χ3n) is 4.24. The summed E-state index contributed by atoms with van der Waals surface area (Å²) in [5, 5.41) is 18.9. The molecule has 1 fully saturated rings. The highest BCUT2D eigenvalue weighted by Gasteiger charge is 2.31. The van der Waals surface area contributed by atoms with Crippen molar-refractivity contribution in [1.82, 2.24) is 4.31 Å². The van der Waals surface area contributed by atoms with E-state index in [0.717, 1.165) is 0 Å². The second-order valence-corrected chi connectivity index (χ2v) is 7.90. The largest absolute Gasteiger partial charge is 0.388 e. The number of aliphatic hydroxyl groups is 1. The zero-order chi connectivity index (χ0) is 16.9. The second-order valence-electron chi connectivity index (χ2n) is 5.81. The van der Waals surface area contributed by atoms with Crippen LogP contribution in [-0.2, 0) is 10.0 Å². The molecule has 1 unspecified atom stereocenters. The van der Waals surface area contributed by atoms with Crippen molar-refractivity contribution in [2.24, 2.45) is 5.92 Å². The standard InChI is InChI=1S/C16H21FN2O3S/c17-15-5-3-13(4-6-15)16(20)14-7-10-19(11-8-14)23(21,22)12-2-1-9-18/h3-6,14,16,20H,1-2,7-8,10-12H2. The van der Waals surface area contributed by atoms with E-state index in [2.05, 4.69) is 0 Å². The Balaban J connectivity index is 1.90. The van der Waals surface area contributed by atoms with E-state index in [-0.39, 0.29) is 23.9 Å². The maximum absolute atomic E-state index is 12.9. The zero-order valence-electron chi connectivity index (χ0n) is 12.9. The second kappa shape index (κ2) is 7.86. The molecule has 0 spiro atoms. The highest BCUT2D eigenvalue weighted by atomic mass is 32.2. The van der Waals surface area contributed by atoms with Crippen molar-refractivity contribution in [1.29, 1.82) is 5.26 Å². The summed E-state index contributed by atoms with van der Waals surface area (Å²) in [5.74, 6) is -0.392. The fraction of sp³-hybridized carbons (Fsp3) is 0.562. The summed E-state index contributed by atoms with van der Waals surface area (Å²) < 4.78 is 38.7. The minimum absolute atomic E-state index is 0.00819.